The Kier molecular flexibility index (Phi) is 5.03. The predicted octanol–water partition coefficient (Wildman–Crippen LogP) is 2.88. The number of nitrogens with zero attached hydrogens (tertiary/aromatic N) is 4. The second kappa shape index (κ2) is 7.77. The van der Waals surface area contributed by atoms with E-state index in [1.54, 1.807) is 12.1 Å². The van der Waals surface area contributed by atoms with E-state index in [0.717, 1.165) is 31.9 Å². The molecule has 0 aliphatic carbocycles. The minimum Gasteiger partial charge on any atom is -0.412 e. The molecule has 2 aromatic carbocycles. The molecule has 144 valence electrons. The van der Waals surface area contributed by atoms with E-state index in [1.165, 1.54) is 12.1 Å². The maximum Gasteiger partial charge on any atom is 0.313 e. The molecule has 0 saturated carbocycles. The van der Waals surface area contributed by atoms with Crippen molar-refractivity contribution in [2.45, 2.75) is 0 Å². The summed E-state index contributed by atoms with van der Waals surface area (Å²) >= 11 is 0. The molecule has 2 heterocycles. The van der Waals surface area contributed by atoms with Crippen LogP contribution >= 0.6 is 0 Å². The molecule has 1 aliphatic heterocycles. The second-order valence-corrected chi connectivity index (χ2v) is 6.68. The molecular formula is C20H20FN5O2. The minimum absolute atomic E-state index is 0.0336. The molecule has 1 saturated heterocycles. The average molecular weight is 381 g/mol. The van der Waals surface area contributed by atoms with Crippen LogP contribution in [0.25, 0.3) is 11.5 Å². The number of rotatable bonds is 4. The number of aromatic nitrogens is 2. The quantitative estimate of drug-likeness (QED) is 0.749. The van der Waals surface area contributed by atoms with Crippen LogP contribution in [0.2, 0.25) is 0 Å². The summed E-state index contributed by atoms with van der Waals surface area (Å²) in [7, 11) is 2.12. The first kappa shape index (κ1) is 18.1. The first-order valence-electron chi connectivity index (χ1n) is 9.03. The fraction of sp³-hybridized carbons (Fsp3) is 0.250. The summed E-state index contributed by atoms with van der Waals surface area (Å²) in [5.74, 6) is -1.28. The standard InChI is InChI=1S/C20H20FN5O2/c1-25-10-12-26(13-11-25)15-8-6-14(7-9-15)22-18(27)20-24-23-19(28-20)16-4-2-3-5-17(16)21/h2-9H,10-13H2,1H3,(H,22,27). The van der Waals surface area contributed by atoms with Crippen molar-refractivity contribution < 1.29 is 13.6 Å². The number of carbonyl (C=O) groups excluding carboxylic acids is 1. The molecule has 4 rings (SSSR count). The van der Waals surface area contributed by atoms with E-state index in [0.29, 0.717) is 5.69 Å². The van der Waals surface area contributed by atoms with Crippen molar-refractivity contribution in [2.75, 3.05) is 43.4 Å². The Morgan fingerprint density at radius 1 is 1.04 bits per heavy atom. The lowest BCUT2D eigenvalue weighted by Gasteiger charge is -2.34. The van der Waals surface area contributed by atoms with Gasteiger partial charge >= 0.3 is 11.8 Å². The topological polar surface area (TPSA) is 74.5 Å². The lowest BCUT2D eigenvalue weighted by atomic mass is 10.2. The highest BCUT2D eigenvalue weighted by molar-refractivity contribution is 6.01. The molecule has 1 aromatic heterocycles. The van der Waals surface area contributed by atoms with Gasteiger partial charge in [-0.3, -0.25) is 4.79 Å². The highest BCUT2D eigenvalue weighted by atomic mass is 19.1. The van der Waals surface area contributed by atoms with E-state index in [2.05, 4.69) is 32.4 Å². The third-order valence-corrected chi connectivity index (χ3v) is 4.72. The maximum atomic E-state index is 13.8. The van der Waals surface area contributed by atoms with Crippen LogP contribution in [0.5, 0.6) is 0 Å². The highest BCUT2D eigenvalue weighted by Crippen LogP contribution is 2.22. The number of amides is 1. The minimum atomic E-state index is -0.539. The number of piperazine rings is 1. The van der Waals surface area contributed by atoms with Gasteiger partial charge in [-0.05, 0) is 43.4 Å². The van der Waals surface area contributed by atoms with Crippen molar-refractivity contribution in [1.82, 2.24) is 15.1 Å². The van der Waals surface area contributed by atoms with Gasteiger partial charge in [-0.25, -0.2) is 4.39 Å². The van der Waals surface area contributed by atoms with Crippen LogP contribution in [0.3, 0.4) is 0 Å². The monoisotopic (exact) mass is 381 g/mol. The van der Waals surface area contributed by atoms with Gasteiger partial charge in [0, 0.05) is 37.6 Å². The van der Waals surface area contributed by atoms with E-state index in [9.17, 15) is 9.18 Å². The lowest BCUT2D eigenvalue weighted by Crippen LogP contribution is -2.44. The molecule has 7 nitrogen and oxygen atoms in total. The Morgan fingerprint density at radius 3 is 2.46 bits per heavy atom. The summed E-state index contributed by atoms with van der Waals surface area (Å²) < 4.78 is 19.1. The molecule has 0 unspecified atom stereocenters. The normalized spacial score (nSPS) is 14.9. The van der Waals surface area contributed by atoms with E-state index >= 15 is 0 Å². The zero-order chi connectivity index (χ0) is 19.5. The summed E-state index contributed by atoms with van der Waals surface area (Å²) in [6.07, 6.45) is 0. The van der Waals surface area contributed by atoms with E-state index in [4.69, 9.17) is 4.42 Å². The summed E-state index contributed by atoms with van der Waals surface area (Å²) in [5.41, 5.74) is 1.89. The van der Waals surface area contributed by atoms with E-state index in [-0.39, 0.29) is 17.3 Å². The molecule has 28 heavy (non-hydrogen) atoms. The second-order valence-electron chi connectivity index (χ2n) is 6.68. The van der Waals surface area contributed by atoms with E-state index < -0.39 is 11.7 Å². The number of halogens is 1. The van der Waals surface area contributed by atoms with Crippen LogP contribution < -0.4 is 10.2 Å². The Hall–Kier alpha value is -3.26. The number of benzene rings is 2. The van der Waals surface area contributed by atoms with Crippen LogP contribution in [-0.2, 0) is 0 Å². The van der Waals surface area contributed by atoms with Gasteiger partial charge in [-0.1, -0.05) is 12.1 Å². The van der Waals surface area contributed by atoms with Crippen LogP contribution in [-0.4, -0.2) is 54.2 Å². The molecule has 3 aromatic rings. The van der Waals surface area contributed by atoms with Crippen molar-refractivity contribution in [3.63, 3.8) is 0 Å². The molecule has 8 heteroatoms. The van der Waals surface area contributed by atoms with Crippen LogP contribution in [0.15, 0.2) is 52.9 Å². The summed E-state index contributed by atoms with van der Waals surface area (Å²) in [5, 5.41) is 10.2. The van der Waals surface area contributed by atoms with Crippen LogP contribution in [0, 0.1) is 5.82 Å². The lowest BCUT2D eigenvalue weighted by molar-refractivity contribution is 0.0991. The van der Waals surface area contributed by atoms with Gasteiger partial charge in [0.25, 0.3) is 5.89 Å². The first-order chi connectivity index (χ1) is 13.6. The van der Waals surface area contributed by atoms with Gasteiger partial charge in [-0.15, -0.1) is 10.2 Å². The summed E-state index contributed by atoms with van der Waals surface area (Å²) in [4.78, 5) is 17.0. The Labute approximate surface area is 161 Å². The molecule has 1 N–H and O–H groups in total. The molecular weight excluding hydrogens is 361 g/mol. The number of hydrogen-bond acceptors (Lipinski definition) is 6. The van der Waals surface area contributed by atoms with Gasteiger partial charge in [0.1, 0.15) is 5.82 Å². The molecule has 1 amide bonds. The fourth-order valence-corrected chi connectivity index (χ4v) is 3.06. The summed E-state index contributed by atoms with van der Waals surface area (Å²) in [6.45, 7) is 4.01. The van der Waals surface area contributed by atoms with Crippen molar-refractivity contribution in [3.8, 4) is 11.5 Å². The summed E-state index contributed by atoms with van der Waals surface area (Å²) in [6, 6.07) is 13.6. The van der Waals surface area contributed by atoms with Gasteiger partial charge in [0.2, 0.25) is 0 Å². The smallest absolute Gasteiger partial charge is 0.313 e. The zero-order valence-electron chi connectivity index (χ0n) is 15.4. The molecule has 0 atom stereocenters. The Bertz CT molecular complexity index is 965. The number of hydrogen-bond donors (Lipinski definition) is 1. The van der Waals surface area contributed by atoms with Gasteiger partial charge in [0.05, 0.1) is 5.56 Å². The van der Waals surface area contributed by atoms with Crippen molar-refractivity contribution in [3.05, 3.63) is 60.2 Å². The average Bonchev–Trinajstić information content (AvgIpc) is 3.20. The van der Waals surface area contributed by atoms with Crippen molar-refractivity contribution in [1.29, 1.82) is 0 Å². The third kappa shape index (κ3) is 3.86. The Balaban J connectivity index is 1.42. The fourth-order valence-electron chi connectivity index (χ4n) is 3.06. The van der Waals surface area contributed by atoms with Crippen molar-refractivity contribution >= 4 is 17.3 Å². The molecule has 0 spiro atoms. The molecule has 0 bridgehead atoms. The number of likely N-dealkylation sites (N-methyl/N-ethyl adjacent to an activating group) is 1. The molecule has 1 fully saturated rings. The van der Waals surface area contributed by atoms with Gasteiger partial charge < -0.3 is 19.5 Å². The van der Waals surface area contributed by atoms with Gasteiger partial charge in [-0.2, -0.15) is 0 Å². The highest BCUT2D eigenvalue weighted by Gasteiger charge is 2.18. The zero-order valence-corrected chi connectivity index (χ0v) is 15.4. The van der Waals surface area contributed by atoms with Crippen molar-refractivity contribution in [2.24, 2.45) is 0 Å². The van der Waals surface area contributed by atoms with Crippen LogP contribution in [0.1, 0.15) is 10.7 Å². The SMILES string of the molecule is CN1CCN(c2ccc(NC(=O)c3nnc(-c4ccccc4F)o3)cc2)CC1. The molecule has 1 aliphatic rings. The molecule has 0 radical (unpaired) electrons. The van der Waals surface area contributed by atoms with Crippen LogP contribution in [0.4, 0.5) is 15.8 Å². The predicted molar refractivity (Wildman–Crippen MR) is 104 cm³/mol. The van der Waals surface area contributed by atoms with Gasteiger partial charge in [0.15, 0.2) is 0 Å². The third-order valence-electron chi connectivity index (χ3n) is 4.72. The Morgan fingerprint density at radius 2 is 1.75 bits per heavy atom. The number of anilines is 2. The number of carbonyl (C=O) groups is 1. The number of nitrogens with one attached hydrogen (secondary N) is 1. The maximum absolute atomic E-state index is 13.8. The van der Waals surface area contributed by atoms with E-state index in [1.807, 2.05) is 24.3 Å². The largest absolute Gasteiger partial charge is 0.412 e. The first-order valence-corrected chi connectivity index (χ1v) is 9.03.